The minimum Gasteiger partial charge on any atom is -0.381 e. The molecule has 0 bridgehead atoms. The first-order chi connectivity index (χ1) is 5.34. The van der Waals surface area contributed by atoms with Crippen molar-refractivity contribution >= 4 is 0 Å². The van der Waals surface area contributed by atoms with Crippen LogP contribution in [0.3, 0.4) is 0 Å². The van der Waals surface area contributed by atoms with E-state index in [9.17, 15) is 0 Å². The van der Waals surface area contributed by atoms with Crippen molar-refractivity contribution in [2.45, 2.75) is 25.3 Å². The zero-order chi connectivity index (χ0) is 8.10. The molecule has 1 aliphatic heterocycles. The van der Waals surface area contributed by atoms with E-state index in [2.05, 4.69) is 6.07 Å². The summed E-state index contributed by atoms with van der Waals surface area (Å²) in [5.41, 5.74) is 5.83. The Hall–Kier alpha value is -0.590. The molecule has 0 radical (unpaired) electrons. The van der Waals surface area contributed by atoms with Gasteiger partial charge < -0.3 is 10.5 Å². The van der Waals surface area contributed by atoms with Crippen molar-refractivity contribution in [3.8, 4) is 6.07 Å². The Morgan fingerprint density at radius 3 is 2.91 bits per heavy atom. The van der Waals surface area contributed by atoms with Crippen LogP contribution in [0, 0.1) is 17.2 Å². The van der Waals surface area contributed by atoms with Gasteiger partial charge in [-0.3, -0.25) is 0 Å². The lowest BCUT2D eigenvalue weighted by Gasteiger charge is -2.16. The zero-order valence-corrected chi connectivity index (χ0v) is 6.62. The Kier molecular flexibility index (Phi) is 3.34. The molecule has 2 N–H and O–H groups in total. The van der Waals surface area contributed by atoms with Gasteiger partial charge in [0.1, 0.15) is 0 Å². The van der Waals surface area contributed by atoms with Crippen LogP contribution in [0.1, 0.15) is 19.3 Å². The second-order valence-electron chi connectivity index (χ2n) is 2.98. The molecule has 0 unspecified atom stereocenters. The van der Waals surface area contributed by atoms with Crippen LogP contribution in [0.15, 0.2) is 0 Å². The molecule has 3 nitrogen and oxygen atoms in total. The highest BCUT2D eigenvalue weighted by atomic mass is 16.5. The average molecular weight is 154 g/mol. The molecule has 0 aliphatic carbocycles. The van der Waals surface area contributed by atoms with Gasteiger partial charge in [-0.05, 0) is 18.8 Å². The third-order valence-electron chi connectivity index (χ3n) is 2.19. The van der Waals surface area contributed by atoms with Crippen LogP contribution in [0.2, 0.25) is 0 Å². The molecule has 1 saturated heterocycles. The van der Waals surface area contributed by atoms with Crippen LogP contribution in [-0.4, -0.2) is 19.3 Å². The molecule has 2 atom stereocenters. The number of ether oxygens (including phenoxy) is 1. The van der Waals surface area contributed by atoms with Gasteiger partial charge in [0.15, 0.2) is 0 Å². The van der Waals surface area contributed by atoms with E-state index in [4.69, 9.17) is 15.7 Å². The average Bonchev–Trinajstić information content (AvgIpc) is 2.18. The molecule has 1 fully saturated rings. The maximum absolute atomic E-state index is 8.48. The molecule has 1 aliphatic rings. The lowest BCUT2D eigenvalue weighted by molar-refractivity contribution is 0.141. The van der Waals surface area contributed by atoms with Crippen molar-refractivity contribution in [3.63, 3.8) is 0 Å². The molecule has 11 heavy (non-hydrogen) atoms. The highest BCUT2D eigenvalue weighted by Crippen LogP contribution is 2.17. The molecule has 0 aromatic rings. The Bertz CT molecular complexity index is 153. The van der Waals surface area contributed by atoms with Gasteiger partial charge in [-0.1, -0.05) is 0 Å². The molecule has 3 heteroatoms. The predicted molar refractivity (Wildman–Crippen MR) is 41.7 cm³/mol. The van der Waals surface area contributed by atoms with Crippen molar-refractivity contribution in [1.29, 1.82) is 5.26 Å². The van der Waals surface area contributed by atoms with Gasteiger partial charge in [0.25, 0.3) is 0 Å². The first kappa shape index (κ1) is 8.51. The normalized spacial score (nSPS) is 32.4. The van der Waals surface area contributed by atoms with Crippen LogP contribution in [-0.2, 0) is 4.74 Å². The smallest absolute Gasteiger partial charge is 0.0625 e. The molecule has 0 saturated carbocycles. The van der Waals surface area contributed by atoms with Crippen molar-refractivity contribution < 1.29 is 4.74 Å². The number of hydrogen-bond donors (Lipinski definition) is 1. The van der Waals surface area contributed by atoms with E-state index in [1.807, 2.05) is 0 Å². The van der Waals surface area contributed by atoms with Gasteiger partial charge in [-0.2, -0.15) is 5.26 Å². The monoisotopic (exact) mass is 154 g/mol. The highest BCUT2D eigenvalue weighted by molar-refractivity contribution is 4.83. The summed E-state index contributed by atoms with van der Waals surface area (Å²) in [6.45, 7) is 1.52. The van der Waals surface area contributed by atoms with Crippen LogP contribution >= 0.6 is 0 Å². The van der Waals surface area contributed by atoms with Crippen LogP contribution in [0.4, 0.5) is 0 Å². The fraction of sp³-hybridized carbons (Fsp3) is 0.875. The van der Waals surface area contributed by atoms with Crippen molar-refractivity contribution in [3.05, 3.63) is 0 Å². The second-order valence-corrected chi connectivity index (χ2v) is 2.98. The van der Waals surface area contributed by atoms with E-state index in [0.29, 0.717) is 12.3 Å². The maximum atomic E-state index is 8.48. The first-order valence-electron chi connectivity index (χ1n) is 4.05. The molecule has 0 amide bonds. The van der Waals surface area contributed by atoms with Crippen LogP contribution < -0.4 is 5.73 Å². The van der Waals surface area contributed by atoms with E-state index in [1.54, 1.807) is 0 Å². The summed E-state index contributed by atoms with van der Waals surface area (Å²) in [7, 11) is 0. The molecular weight excluding hydrogens is 140 g/mol. The third kappa shape index (κ3) is 2.49. The summed E-state index contributed by atoms with van der Waals surface area (Å²) in [6, 6.07) is 2.32. The Balaban J connectivity index is 2.40. The standard InChI is InChI=1S/C8H14N2O/c9-4-1-7-2-5-11-6-3-8(7)10/h7-8H,1-3,5-6,10H2/t7-,8-/m0/s1. The molecular formula is C8H14N2O. The summed E-state index contributed by atoms with van der Waals surface area (Å²) in [6.07, 6.45) is 2.41. The second kappa shape index (κ2) is 4.32. The molecule has 62 valence electrons. The fourth-order valence-electron chi connectivity index (χ4n) is 1.38. The number of rotatable bonds is 1. The van der Waals surface area contributed by atoms with E-state index in [1.165, 1.54) is 0 Å². The van der Waals surface area contributed by atoms with Crippen LogP contribution in [0.5, 0.6) is 0 Å². The van der Waals surface area contributed by atoms with Crippen molar-refractivity contribution in [2.24, 2.45) is 11.7 Å². The van der Waals surface area contributed by atoms with Crippen molar-refractivity contribution in [2.75, 3.05) is 13.2 Å². The van der Waals surface area contributed by atoms with Gasteiger partial charge in [-0.15, -0.1) is 0 Å². The summed E-state index contributed by atoms with van der Waals surface area (Å²) >= 11 is 0. The first-order valence-corrected chi connectivity index (χ1v) is 4.05. The number of nitriles is 1. The zero-order valence-electron chi connectivity index (χ0n) is 6.62. The molecule has 1 heterocycles. The summed E-state index contributed by atoms with van der Waals surface area (Å²) < 4.78 is 5.25. The Morgan fingerprint density at radius 2 is 2.18 bits per heavy atom. The molecule has 0 spiro atoms. The quantitative estimate of drug-likeness (QED) is 0.603. The van der Waals surface area contributed by atoms with Crippen molar-refractivity contribution in [1.82, 2.24) is 0 Å². The number of hydrogen-bond acceptors (Lipinski definition) is 3. The Morgan fingerprint density at radius 1 is 1.45 bits per heavy atom. The summed E-state index contributed by atoms with van der Waals surface area (Å²) in [5, 5.41) is 8.48. The van der Waals surface area contributed by atoms with E-state index in [0.717, 1.165) is 26.1 Å². The lowest BCUT2D eigenvalue weighted by atomic mass is 9.93. The van der Waals surface area contributed by atoms with E-state index in [-0.39, 0.29) is 6.04 Å². The molecule has 1 rings (SSSR count). The summed E-state index contributed by atoms with van der Waals surface area (Å²) in [4.78, 5) is 0. The molecule has 0 aromatic heterocycles. The highest BCUT2D eigenvalue weighted by Gasteiger charge is 2.19. The van der Waals surface area contributed by atoms with Gasteiger partial charge >= 0.3 is 0 Å². The Labute approximate surface area is 67.1 Å². The maximum Gasteiger partial charge on any atom is 0.0625 e. The number of nitrogens with zero attached hydrogens (tertiary/aromatic N) is 1. The minimum atomic E-state index is 0.164. The molecule has 0 aromatic carbocycles. The predicted octanol–water partition coefficient (Wildman–Crippen LogP) is 0.654. The third-order valence-corrected chi connectivity index (χ3v) is 2.19. The minimum absolute atomic E-state index is 0.164. The van der Waals surface area contributed by atoms with Gasteiger partial charge in [0.05, 0.1) is 6.07 Å². The van der Waals surface area contributed by atoms with Gasteiger partial charge in [0, 0.05) is 25.7 Å². The van der Waals surface area contributed by atoms with E-state index < -0.39 is 0 Å². The van der Waals surface area contributed by atoms with Gasteiger partial charge in [0.2, 0.25) is 0 Å². The summed E-state index contributed by atoms with van der Waals surface area (Å²) in [5.74, 6) is 0.350. The van der Waals surface area contributed by atoms with E-state index >= 15 is 0 Å². The fourth-order valence-corrected chi connectivity index (χ4v) is 1.38. The van der Waals surface area contributed by atoms with Gasteiger partial charge in [-0.25, -0.2) is 0 Å². The largest absolute Gasteiger partial charge is 0.381 e. The SMILES string of the molecule is N#CC[C@H]1CCOCC[C@@H]1N. The number of nitrogens with two attached hydrogens (primary N) is 1. The topological polar surface area (TPSA) is 59.0 Å². The lowest BCUT2D eigenvalue weighted by Crippen LogP contribution is -2.29. The van der Waals surface area contributed by atoms with Crippen LogP contribution in [0.25, 0.3) is 0 Å².